The second kappa shape index (κ2) is 9.53. The maximum absolute atomic E-state index is 12.2. The number of carbonyl (C=O) groups excluding carboxylic acids is 1. The highest BCUT2D eigenvalue weighted by atomic mass is 16.1. The van der Waals surface area contributed by atoms with Crippen LogP contribution in [0.25, 0.3) is 0 Å². The van der Waals surface area contributed by atoms with Gasteiger partial charge in [0.1, 0.15) is 5.82 Å². The molecule has 154 valence electrons. The number of pyridine rings is 1. The minimum Gasteiger partial charge on any atom is -0.370 e. The van der Waals surface area contributed by atoms with Gasteiger partial charge in [-0.05, 0) is 62.1 Å². The van der Waals surface area contributed by atoms with Crippen molar-refractivity contribution < 1.29 is 4.79 Å². The van der Waals surface area contributed by atoms with Crippen LogP contribution in [0.2, 0.25) is 0 Å². The van der Waals surface area contributed by atoms with Gasteiger partial charge < -0.3 is 5.32 Å². The molecule has 3 heterocycles. The van der Waals surface area contributed by atoms with Crippen LogP contribution in [-0.2, 0) is 17.6 Å². The van der Waals surface area contributed by atoms with Gasteiger partial charge in [0, 0.05) is 25.3 Å². The van der Waals surface area contributed by atoms with Gasteiger partial charge in [-0.1, -0.05) is 49.2 Å². The second-order valence-corrected chi connectivity index (χ2v) is 8.68. The number of anilines is 1. The summed E-state index contributed by atoms with van der Waals surface area (Å²) in [5, 5.41) is 3.43. The molecular formula is C25H33N3O. The summed E-state index contributed by atoms with van der Waals surface area (Å²) in [6.45, 7) is 4.88. The number of rotatable bonds is 9. The first-order chi connectivity index (χ1) is 14.2. The summed E-state index contributed by atoms with van der Waals surface area (Å²) in [6.07, 6.45) is 8.47. The number of likely N-dealkylation sites (tertiary alicyclic amines) is 1. The molecule has 29 heavy (non-hydrogen) atoms. The Bertz CT molecular complexity index is 814. The van der Waals surface area contributed by atoms with Crippen molar-refractivity contribution in [3.63, 3.8) is 0 Å². The Morgan fingerprint density at radius 2 is 1.97 bits per heavy atom. The SMILES string of the molecule is CC(=O)[C@@H](c1ccccc1)N1CC(CCCCCc2ccc3c(n2)NCCC3)C1. The summed E-state index contributed by atoms with van der Waals surface area (Å²) < 4.78 is 0. The van der Waals surface area contributed by atoms with Gasteiger partial charge in [-0.25, -0.2) is 4.98 Å². The van der Waals surface area contributed by atoms with Crippen LogP contribution in [0, 0.1) is 5.92 Å². The molecule has 2 aliphatic rings. The Hall–Kier alpha value is -2.20. The predicted molar refractivity (Wildman–Crippen MR) is 118 cm³/mol. The van der Waals surface area contributed by atoms with Crippen LogP contribution in [0.15, 0.2) is 42.5 Å². The van der Waals surface area contributed by atoms with Gasteiger partial charge >= 0.3 is 0 Å². The molecule has 0 amide bonds. The number of aryl methyl sites for hydroxylation is 2. The molecule has 0 bridgehead atoms. The Kier molecular flexibility index (Phi) is 6.60. The van der Waals surface area contributed by atoms with Crippen molar-refractivity contribution in [1.29, 1.82) is 0 Å². The average molecular weight is 392 g/mol. The van der Waals surface area contributed by atoms with Crippen molar-refractivity contribution in [2.75, 3.05) is 25.0 Å². The van der Waals surface area contributed by atoms with Gasteiger partial charge in [-0.2, -0.15) is 0 Å². The van der Waals surface area contributed by atoms with Crippen LogP contribution in [0.5, 0.6) is 0 Å². The molecule has 0 spiro atoms. The number of hydrogen-bond donors (Lipinski definition) is 1. The molecule has 4 nitrogen and oxygen atoms in total. The van der Waals surface area contributed by atoms with Crippen LogP contribution in [0.4, 0.5) is 5.82 Å². The van der Waals surface area contributed by atoms with Crippen molar-refractivity contribution in [3.05, 3.63) is 59.3 Å². The molecule has 1 atom stereocenters. The minimum absolute atomic E-state index is 0.0591. The lowest BCUT2D eigenvalue weighted by atomic mass is 9.89. The summed E-state index contributed by atoms with van der Waals surface area (Å²) in [4.78, 5) is 19.3. The van der Waals surface area contributed by atoms with Crippen molar-refractivity contribution in [1.82, 2.24) is 9.88 Å². The van der Waals surface area contributed by atoms with Gasteiger partial charge in [0.05, 0.1) is 6.04 Å². The zero-order chi connectivity index (χ0) is 20.1. The molecule has 4 heteroatoms. The number of hydrogen-bond acceptors (Lipinski definition) is 4. The summed E-state index contributed by atoms with van der Waals surface area (Å²) in [6, 6.07) is 14.6. The molecule has 2 aromatic rings. The Labute approximate surface area is 174 Å². The predicted octanol–water partition coefficient (Wildman–Crippen LogP) is 4.80. The first kappa shape index (κ1) is 20.1. The zero-order valence-corrected chi connectivity index (χ0v) is 17.6. The van der Waals surface area contributed by atoms with E-state index in [2.05, 4.69) is 34.5 Å². The maximum Gasteiger partial charge on any atom is 0.151 e. The monoisotopic (exact) mass is 391 g/mol. The Morgan fingerprint density at radius 3 is 2.76 bits per heavy atom. The number of Topliss-reactive ketones (excluding diaryl/α,β-unsaturated/α-hetero) is 1. The first-order valence-electron chi connectivity index (χ1n) is 11.2. The molecule has 0 aliphatic carbocycles. The van der Waals surface area contributed by atoms with Gasteiger partial charge in [0.2, 0.25) is 0 Å². The molecule has 0 radical (unpaired) electrons. The summed E-state index contributed by atoms with van der Waals surface area (Å²) in [5.41, 5.74) is 3.72. The quantitative estimate of drug-likeness (QED) is 0.624. The molecule has 1 saturated heterocycles. The third kappa shape index (κ3) is 5.05. The zero-order valence-electron chi connectivity index (χ0n) is 17.6. The highest BCUT2D eigenvalue weighted by molar-refractivity contribution is 5.83. The number of ketones is 1. The molecule has 0 saturated carbocycles. The lowest BCUT2D eigenvalue weighted by Gasteiger charge is -2.43. The smallest absolute Gasteiger partial charge is 0.151 e. The largest absolute Gasteiger partial charge is 0.370 e. The average Bonchev–Trinajstić information content (AvgIpc) is 2.71. The van der Waals surface area contributed by atoms with Gasteiger partial charge in [-0.3, -0.25) is 9.69 Å². The molecule has 1 N–H and O–H groups in total. The first-order valence-corrected chi connectivity index (χ1v) is 11.2. The van der Waals surface area contributed by atoms with E-state index in [0.29, 0.717) is 0 Å². The number of aromatic nitrogens is 1. The van der Waals surface area contributed by atoms with E-state index < -0.39 is 0 Å². The normalized spacial score (nSPS) is 17.8. The van der Waals surface area contributed by atoms with E-state index in [1.807, 2.05) is 18.2 Å². The van der Waals surface area contributed by atoms with E-state index in [0.717, 1.165) is 49.8 Å². The van der Waals surface area contributed by atoms with Crippen LogP contribution in [0.1, 0.15) is 61.9 Å². The second-order valence-electron chi connectivity index (χ2n) is 8.68. The minimum atomic E-state index is -0.0591. The molecule has 1 fully saturated rings. The standard InChI is InChI=1S/C25H33N3O/c1-19(29)24(21-10-5-3-6-11-21)28-17-20(18-28)9-4-2-7-13-23-15-14-22-12-8-16-26-25(22)27-23/h3,5-6,10-11,14-15,20,24H,2,4,7-9,12-13,16-18H2,1H3,(H,26,27)/t24-/m0/s1. The van der Waals surface area contributed by atoms with Crippen molar-refractivity contribution >= 4 is 11.6 Å². The number of carbonyl (C=O) groups is 1. The lowest BCUT2D eigenvalue weighted by Crippen LogP contribution is -2.50. The van der Waals surface area contributed by atoms with Crippen molar-refractivity contribution in [2.24, 2.45) is 5.92 Å². The molecule has 1 aromatic carbocycles. The van der Waals surface area contributed by atoms with E-state index in [4.69, 9.17) is 4.98 Å². The van der Waals surface area contributed by atoms with Gasteiger partial charge in [0.25, 0.3) is 0 Å². The Balaban J connectivity index is 1.15. The van der Waals surface area contributed by atoms with Crippen molar-refractivity contribution in [2.45, 2.75) is 57.9 Å². The third-order valence-electron chi connectivity index (χ3n) is 6.35. The highest BCUT2D eigenvalue weighted by Gasteiger charge is 2.34. The van der Waals surface area contributed by atoms with Crippen LogP contribution in [0.3, 0.4) is 0 Å². The van der Waals surface area contributed by atoms with E-state index in [1.54, 1.807) is 6.92 Å². The molecule has 0 unspecified atom stereocenters. The molecule has 2 aliphatic heterocycles. The molecular weight excluding hydrogens is 358 g/mol. The number of nitrogens with zero attached hydrogens (tertiary/aromatic N) is 2. The fraction of sp³-hybridized carbons (Fsp3) is 0.520. The van der Waals surface area contributed by atoms with Gasteiger partial charge in [0.15, 0.2) is 5.78 Å². The number of fused-ring (bicyclic) bond motifs is 1. The fourth-order valence-electron chi connectivity index (χ4n) is 4.77. The topological polar surface area (TPSA) is 45.2 Å². The molecule has 1 aromatic heterocycles. The number of unbranched alkanes of at least 4 members (excludes halogenated alkanes) is 2. The summed E-state index contributed by atoms with van der Waals surface area (Å²) >= 11 is 0. The summed E-state index contributed by atoms with van der Waals surface area (Å²) in [5.74, 6) is 2.11. The van der Waals surface area contributed by atoms with Crippen LogP contribution >= 0.6 is 0 Å². The molecule has 4 rings (SSSR count). The Morgan fingerprint density at radius 1 is 1.14 bits per heavy atom. The van der Waals surface area contributed by atoms with Crippen molar-refractivity contribution in [3.8, 4) is 0 Å². The van der Waals surface area contributed by atoms with E-state index >= 15 is 0 Å². The van der Waals surface area contributed by atoms with Gasteiger partial charge in [-0.15, -0.1) is 0 Å². The fourth-order valence-corrected chi connectivity index (χ4v) is 4.77. The number of benzene rings is 1. The van der Waals surface area contributed by atoms with E-state index in [-0.39, 0.29) is 11.8 Å². The van der Waals surface area contributed by atoms with Crippen LogP contribution < -0.4 is 5.32 Å². The van der Waals surface area contributed by atoms with Crippen LogP contribution in [-0.4, -0.2) is 35.3 Å². The van der Waals surface area contributed by atoms with E-state index in [1.165, 1.54) is 43.4 Å². The van der Waals surface area contributed by atoms with E-state index in [9.17, 15) is 4.79 Å². The summed E-state index contributed by atoms with van der Waals surface area (Å²) in [7, 11) is 0. The third-order valence-corrected chi connectivity index (χ3v) is 6.35. The maximum atomic E-state index is 12.2. The lowest BCUT2D eigenvalue weighted by molar-refractivity contribution is -0.125. The highest BCUT2D eigenvalue weighted by Crippen LogP contribution is 2.32. The number of nitrogens with one attached hydrogen (secondary N) is 1.